The van der Waals surface area contributed by atoms with Crippen molar-refractivity contribution in [2.75, 3.05) is 6.61 Å². The maximum absolute atomic E-state index is 11.8. The maximum Gasteiger partial charge on any atom is 0.465 e. The minimum absolute atomic E-state index is 0.387. The Bertz CT molecular complexity index is 611. The summed E-state index contributed by atoms with van der Waals surface area (Å²) in [6.07, 6.45) is 0. The predicted molar refractivity (Wildman–Crippen MR) is 68.5 cm³/mol. The molecule has 0 N–H and O–H groups in total. The molecule has 4 nitrogen and oxygen atoms in total. The maximum atomic E-state index is 11.8. The number of fused-ring (bicyclic) bond motifs is 3. The minimum Gasteiger partial charge on any atom is -0.416 e. The molecule has 0 aliphatic carbocycles. The van der Waals surface area contributed by atoms with Crippen molar-refractivity contribution < 1.29 is 18.4 Å². The highest BCUT2D eigenvalue weighted by Crippen LogP contribution is 2.49. The van der Waals surface area contributed by atoms with Crippen LogP contribution in [0, 0.1) is 0 Å². The molecule has 0 aromatic heterocycles. The van der Waals surface area contributed by atoms with Gasteiger partial charge < -0.3 is 9.05 Å². The molecule has 1 unspecified atom stereocenters. The van der Waals surface area contributed by atoms with Crippen molar-refractivity contribution in [3.05, 3.63) is 42.0 Å². The van der Waals surface area contributed by atoms with E-state index in [9.17, 15) is 4.79 Å². The summed E-state index contributed by atoms with van der Waals surface area (Å²) in [7, 11) is -1.62. The van der Waals surface area contributed by atoms with Gasteiger partial charge in [-0.1, -0.05) is 30.3 Å². The lowest BCUT2D eigenvalue weighted by Gasteiger charge is -2.23. The monoisotopic (exact) mass is 262 g/mol. The third kappa shape index (κ3) is 1.84. The van der Waals surface area contributed by atoms with Gasteiger partial charge >= 0.3 is 14.6 Å². The van der Waals surface area contributed by atoms with Crippen molar-refractivity contribution >= 4 is 25.3 Å². The number of benzene rings is 2. The fourth-order valence-corrected chi connectivity index (χ4v) is 2.80. The van der Waals surface area contributed by atoms with Gasteiger partial charge in [-0.25, -0.2) is 4.79 Å². The Morgan fingerprint density at radius 1 is 1.17 bits per heavy atom. The van der Waals surface area contributed by atoms with E-state index in [0.717, 1.165) is 10.8 Å². The molecule has 3 rings (SSSR count). The van der Waals surface area contributed by atoms with Gasteiger partial charge in [-0.2, -0.15) is 0 Å². The van der Waals surface area contributed by atoms with Crippen LogP contribution < -0.4 is 4.52 Å². The summed E-state index contributed by atoms with van der Waals surface area (Å²) in [6.45, 7) is 2.28. The van der Waals surface area contributed by atoms with Gasteiger partial charge in [0.2, 0.25) is 0 Å². The average Bonchev–Trinajstić information content (AvgIpc) is 2.39. The van der Waals surface area contributed by atoms with Gasteiger partial charge in [0.15, 0.2) is 5.75 Å². The summed E-state index contributed by atoms with van der Waals surface area (Å²) in [6, 6.07) is 11.4. The van der Waals surface area contributed by atoms with Gasteiger partial charge in [0.25, 0.3) is 0 Å². The molecule has 0 fully saturated rings. The van der Waals surface area contributed by atoms with Gasteiger partial charge in [-0.05, 0) is 18.4 Å². The summed E-state index contributed by atoms with van der Waals surface area (Å²) in [5.41, 5.74) is 0.451. The Morgan fingerprint density at radius 3 is 2.83 bits per heavy atom. The molecule has 2 aromatic rings. The lowest BCUT2D eigenvalue weighted by molar-refractivity contribution is 0.0676. The van der Waals surface area contributed by atoms with Crippen LogP contribution in [0.15, 0.2) is 36.4 Å². The van der Waals surface area contributed by atoms with Crippen LogP contribution in [0.1, 0.15) is 17.3 Å². The molecule has 18 heavy (non-hydrogen) atoms. The molecule has 1 heterocycles. The molecule has 0 saturated heterocycles. The summed E-state index contributed by atoms with van der Waals surface area (Å²) < 4.78 is 16.0. The van der Waals surface area contributed by atoms with E-state index in [4.69, 9.17) is 13.6 Å². The van der Waals surface area contributed by atoms with Crippen LogP contribution in [-0.4, -0.2) is 12.6 Å². The number of hydrogen-bond donors (Lipinski definition) is 0. The van der Waals surface area contributed by atoms with E-state index in [1.54, 1.807) is 6.07 Å². The van der Waals surface area contributed by atoms with E-state index >= 15 is 0 Å². The van der Waals surface area contributed by atoms with Crippen LogP contribution in [0.25, 0.3) is 10.8 Å². The molecular formula is C13H11O4P. The first kappa shape index (κ1) is 11.5. The SMILES string of the molecule is CCOP1OC(=O)c2ccc3ccccc3c2O1. The average molecular weight is 262 g/mol. The first-order valence-corrected chi connectivity index (χ1v) is 6.74. The number of carbonyl (C=O) groups excluding carboxylic acids is 1. The molecule has 0 bridgehead atoms. The first-order chi connectivity index (χ1) is 8.79. The van der Waals surface area contributed by atoms with E-state index < -0.39 is 8.60 Å². The molecule has 1 aliphatic heterocycles. The normalized spacial score (nSPS) is 18.1. The number of rotatable bonds is 2. The van der Waals surface area contributed by atoms with Crippen LogP contribution in [0.2, 0.25) is 0 Å². The molecule has 2 aromatic carbocycles. The van der Waals surface area contributed by atoms with Crippen LogP contribution >= 0.6 is 8.60 Å². The second kappa shape index (κ2) is 4.56. The molecule has 0 spiro atoms. The van der Waals surface area contributed by atoms with Crippen LogP contribution in [-0.2, 0) is 9.05 Å². The van der Waals surface area contributed by atoms with Gasteiger partial charge in [-0.15, -0.1) is 0 Å². The fourth-order valence-electron chi connectivity index (χ4n) is 1.87. The van der Waals surface area contributed by atoms with Crippen LogP contribution in [0.5, 0.6) is 5.75 Å². The summed E-state index contributed by atoms with van der Waals surface area (Å²) in [5, 5.41) is 1.93. The highest BCUT2D eigenvalue weighted by Gasteiger charge is 2.31. The zero-order valence-electron chi connectivity index (χ0n) is 9.75. The smallest absolute Gasteiger partial charge is 0.416 e. The molecule has 1 atom stereocenters. The molecule has 0 amide bonds. The third-order valence-electron chi connectivity index (χ3n) is 2.66. The summed E-state index contributed by atoms with van der Waals surface area (Å²) in [5.74, 6) is 0.172. The Morgan fingerprint density at radius 2 is 2.00 bits per heavy atom. The van der Waals surface area contributed by atoms with E-state index in [0.29, 0.717) is 17.9 Å². The van der Waals surface area contributed by atoms with E-state index in [2.05, 4.69) is 0 Å². The fraction of sp³-hybridized carbons (Fsp3) is 0.154. The second-order valence-corrected chi connectivity index (χ2v) is 4.85. The second-order valence-electron chi connectivity index (χ2n) is 3.77. The lowest BCUT2D eigenvalue weighted by Crippen LogP contribution is -2.13. The van der Waals surface area contributed by atoms with Crippen molar-refractivity contribution in [1.82, 2.24) is 0 Å². The predicted octanol–water partition coefficient (Wildman–Crippen LogP) is 3.65. The van der Waals surface area contributed by atoms with Gasteiger partial charge in [-0.3, -0.25) is 4.52 Å². The molecule has 92 valence electrons. The first-order valence-electron chi connectivity index (χ1n) is 5.64. The number of hydrogen-bond acceptors (Lipinski definition) is 4. The van der Waals surface area contributed by atoms with Crippen LogP contribution in [0.3, 0.4) is 0 Å². The molecule has 5 heteroatoms. The summed E-state index contributed by atoms with van der Waals surface area (Å²) >= 11 is 0. The van der Waals surface area contributed by atoms with Crippen molar-refractivity contribution in [1.29, 1.82) is 0 Å². The van der Waals surface area contributed by atoms with Crippen molar-refractivity contribution in [2.45, 2.75) is 6.92 Å². The van der Waals surface area contributed by atoms with E-state index in [1.807, 2.05) is 37.3 Å². The zero-order chi connectivity index (χ0) is 12.5. The standard InChI is InChI=1S/C13H11O4P/c1-2-15-18-16-12-10-6-4-3-5-9(10)7-8-11(12)13(14)17-18/h3-8H,2H2,1H3. The van der Waals surface area contributed by atoms with Crippen molar-refractivity contribution in [3.63, 3.8) is 0 Å². The van der Waals surface area contributed by atoms with E-state index in [1.165, 1.54) is 0 Å². The zero-order valence-corrected chi connectivity index (χ0v) is 10.6. The van der Waals surface area contributed by atoms with Crippen LogP contribution in [0.4, 0.5) is 0 Å². The molecule has 1 aliphatic rings. The highest BCUT2D eigenvalue weighted by atomic mass is 31.2. The van der Waals surface area contributed by atoms with Gasteiger partial charge in [0.05, 0.1) is 6.61 Å². The largest absolute Gasteiger partial charge is 0.465 e. The summed E-state index contributed by atoms with van der Waals surface area (Å²) in [4.78, 5) is 11.8. The minimum atomic E-state index is -1.62. The van der Waals surface area contributed by atoms with Gasteiger partial charge in [0.1, 0.15) is 5.56 Å². The van der Waals surface area contributed by atoms with E-state index in [-0.39, 0.29) is 5.97 Å². The molecular weight excluding hydrogens is 251 g/mol. The van der Waals surface area contributed by atoms with Gasteiger partial charge in [0, 0.05) is 5.39 Å². The van der Waals surface area contributed by atoms with Crippen molar-refractivity contribution in [2.24, 2.45) is 0 Å². The molecule has 0 saturated carbocycles. The highest BCUT2D eigenvalue weighted by molar-refractivity contribution is 7.43. The number of carbonyl (C=O) groups is 1. The topological polar surface area (TPSA) is 44.8 Å². The quantitative estimate of drug-likeness (QED) is 0.775. The Balaban J connectivity index is 2.14. The van der Waals surface area contributed by atoms with Crippen molar-refractivity contribution in [3.8, 4) is 5.75 Å². The molecule has 0 radical (unpaired) electrons. The Hall–Kier alpha value is -1.64. The Kier molecular flexibility index (Phi) is 2.90. The third-order valence-corrected chi connectivity index (χ3v) is 3.77. The lowest BCUT2D eigenvalue weighted by atomic mass is 10.1. The Labute approximate surface area is 105 Å².